The van der Waals surface area contributed by atoms with Crippen molar-refractivity contribution in [2.24, 2.45) is 0 Å². The third kappa shape index (κ3) is 6.15. The lowest BCUT2D eigenvalue weighted by atomic mass is 10.1. The number of methoxy groups -OCH3 is 2. The van der Waals surface area contributed by atoms with Crippen molar-refractivity contribution >= 4 is 16.0 Å². The summed E-state index contributed by atoms with van der Waals surface area (Å²) in [5, 5.41) is 0. The topological polar surface area (TPSA) is 91.4 Å². The van der Waals surface area contributed by atoms with Gasteiger partial charge in [-0.25, -0.2) is 0 Å². The van der Waals surface area contributed by atoms with E-state index in [0.29, 0.717) is 24.5 Å². The molecule has 2 rings (SSSR count). The summed E-state index contributed by atoms with van der Waals surface area (Å²) in [6, 6.07) is 4.93. The van der Waals surface area contributed by atoms with E-state index in [1.165, 1.54) is 14.2 Å². The van der Waals surface area contributed by atoms with Gasteiger partial charge in [0.25, 0.3) is 0 Å². The molecule has 0 radical (unpaired) electrons. The number of carbonyl (C=O) groups is 1. The Bertz CT molecular complexity index is 714. The first-order valence-corrected chi connectivity index (χ1v) is 10.1. The van der Waals surface area contributed by atoms with Crippen molar-refractivity contribution in [3.8, 4) is 11.5 Å². The second-order valence-corrected chi connectivity index (χ2v) is 7.69. The third-order valence-electron chi connectivity index (χ3n) is 3.91. The van der Waals surface area contributed by atoms with Crippen molar-refractivity contribution in [1.82, 2.24) is 4.90 Å². The highest BCUT2D eigenvalue weighted by Crippen LogP contribution is 2.30. The molecule has 9 heteroatoms. The Morgan fingerprint density at radius 1 is 1.31 bits per heavy atom. The summed E-state index contributed by atoms with van der Waals surface area (Å²) in [4.78, 5) is 14.0. The quantitative estimate of drug-likeness (QED) is 0.588. The van der Waals surface area contributed by atoms with Gasteiger partial charge in [0.2, 0.25) is 5.91 Å². The third-order valence-corrected chi connectivity index (χ3v) is 4.39. The van der Waals surface area contributed by atoms with Gasteiger partial charge < -0.3 is 23.3 Å². The molecule has 1 aromatic rings. The van der Waals surface area contributed by atoms with Gasteiger partial charge in [0.05, 0.1) is 19.5 Å². The Morgan fingerprint density at radius 3 is 2.65 bits per heavy atom. The van der Waals surface area contributed by atoms with Crippen LogP contribution in [0.1, 0.15) is 18.4 Å². The van der Waals surface area contributed by atoms with Crippen molar-refractivity contribution < 1.29 is 31.6 Å². The van der Waals surface area contributed by atoms with E-state index in [2.05, 4.69) is 0 Å². The van der Waals surface area contributed by atoms with Gasteiger partial charge in [0, 0.05) is 26.8 Å². The maximum Gasteiger partial charge on any atom is 0.306 e. The molecule has 1 aliphatic rings. The number of nitrogens with zero attached hydrogens (tertiary/aromatic N) is 1. The molecule has 26 heavy (non-hydrogen) atoms. The van der Waals surface area contributed by atoms with Gasteiger partial charge in [-0.05, 0) is 30.5 Å². The predicted molar refractivity (Wildman–Crippen MR) is 94.7 cm³/mol. The van der Waals surface area contributed by atoms with Crippen LogP contribution in [0, 0.1) is 0 Å². The zero-order chi connectivity index (χ0) is 19.2. The minimum atomic E-state index is -3.70. The van der Waals surface area contributed by atoms with Crippen LogP contribution in [0.3, 0.4) is 0 Å². The number of ether oxygens (including phenoxy) is 3. The van der Waals surface area contributed by atoms with Crippen molar-refractivity contribution in [3.63, 3.8) is 0 Å². The normalized spacial score (nSPS) is 17.1. The number of benzene rings is 1. The first-order valence-electron chi connectivity index (χ1n) is 8.27. The molecule has 1 amide bonds. The van der Waals surface area contributed by atoms with Crippen LogP contribution in [0.2, 0.25) is 0 Å². The second-order valence-electron chi connectivity index (χ2n) is 6.11. The number of hydrogen-bond acceptors (Lipinski definition) is 7. The van der Waals surface area contributed by atoms with Crippen LogP contribution >= 0.6 is 0 Å². The lowest BCUT2D eigenvalue weighted by Gasteiger charge is -2.25. The summed E-state index contributed by atoms with van der Waals surface area (Å²) >= 11 is 0. The molecule has 0 spiro atoms. The van der Waals surface area contributed by atoms with E-state index >= 15 is 0 Å². The first-order chi connectivity index (χ1) is 12.3. The molecule has 1 saturated heterocycles. The summed E-state index contributed by atoms with van der Waals surface area (Å²) < 4.78 is 43.6. The molecule has 1 fully saturated rings. The fraction of sp³-hybridized carbons (Fsp3) is 0.588. The molecule has 1 aliphatic heterocycles. The molecule has 8 nitrogen and oxygen atoms in total. The van der Waals surface area contributed by atoms with Crippen LogP contribution < -0.4 is 8.92 Å². The Labute approximate surface area is 154 Å². The van der Waals surface area contributed by atoms with E-state index in [4.69, 9.17) is 18.4 Å². The van der Waals surface area contributed by atoms with Crippen LogP contribution in [0.15, 0.2) is 18.2 Å². The zero-order valence-corrected chi connectivity index (χ0v) is 16.1. The second kappa shape index (κ2) is 9.20. The number of rotatable bonds is 9. The number of hydrogen-bond donors (Lipinski definition) is 0. The minimum absolute atomic E-state index is 0.000736. The lowest BCUT2D eigenvalue weighted by Crippen LogP contribution is -2.38. The molecule has 0 N–H and O–H groups in total. The van der Waals surface area contributed by atoms with Crippen molar-refractivity contribution in [1.29, 1.82) is 0 Å². The van der Waals surface area contributed by atoms with Crippen molar-refractivity contribution in [2.45, 2.75) is 25.5 Å². The number of amides is 1. The summed E-state index contributed by atoms with van der Waals surface area (Å²) in [6.07, 6.45) is 2.85. The Hall–Kier alpha value is -1.84. The monoisotopic (exact) mass is 387 g/mol. The average molecular weight is 387 g/mol. The highest BCUT2D eigenvalue weighted by molar-refractivity contribution is 7.86. The van der Waals surface area contributed by atoms with Crippen molar-refractivity contribution in [3.05, 3.63) is 23.8 Å². The van der Waals surface area contributed by atoms with Gasteiger partial charge in [-0.15, -0.1) is 0 Å². The van der Waals surface area contributed by atoms with Crippen LogP contribution in [0.4, 0.5) is 0 Å². The minimum Gasteiger partial charge on any atom is -0.493 e. The van der Waals surface area contributed by atoms with E-state index in [1.54, 1.807) is 23.1 Å². The van der Waals surface area contributed by atoms with Gasteiger partial charge in [0.1, 0.15) is 6.61 Å². The van der Waals surface area contributed by atoms with Crippen LogP contribution in [-0.4, -0.2) is 65.6 Å². The molecular weight excluding hydrogens is 362 g/mol. The maximum atomic E-state index is 12.4. The Morgan fingerprint density at radius 2 is 2.08 bits per heavy atom. The number of carbonyl (C=O) groups excluding carboxylic acids is 1. The highest BCUT2D eigenvalue weighted by Gasteiger charge is 2.23. The summed E-state index contributed by atoms with van der Waals surface area (Å²) in [5.41, 5.74) is 0.715. The molecule has 1 heterocycles. The average Bonchev–Trinajstić information content (AvgIpc) is 3.06. The molecule has 1 aromatic carbocycles. The van der Waals surface area contributed by atoms with Gasteiger partial charge in [-0.3, -0.25) is 4.79 Å². The largest absolute Gasteiger partial charge is 0.493 e. The SMILES string of the molecule is COCC(=O)N(Cc1ccc(OC)c(OS(C)(=O)=O)c1)CC1CCCO1. The van der Waals surface area contributed by atoms with Crippen LogP contribution in [-0.2, 0) is 30.9 Å². The lowest BCUT2D eigenvalue weighted by molar-refractivity contribution is -0.137. The van der Waals surface area contributed by atoms with Gasteiger partial charge in [-0.2, -0.15) is 8.42 Å². The first kappa shape index (κ1) is 20.5. The standard InChI is InChI=1S/C17H25NO7S/c1-22-12-17(19)18(11-14-5-4-8-24-14)10-13-6-7-15(23-2)16(9-13)25-26(3,20)21/h6-7,9,14H,4-5,8,10-12H2,1-3H3. The molecule has 0 bridgehead atoms. The van der Waals surface area contributed by atoms with E-state index in [0.717, 1.165) is 19.1 Å². The fourth-order valence-electron chi connectivity index (χ4n) is 2.77. The molecule has 0 saturated carbocycles. The Balaban J connectivity index is 2.19. The van der Waals surface area contributed by atoms with Crippen LogP contribution in [0.25, 0.3) is 0 Å². The van der Waals surface area contributed by atoms with E-state index < -0.39 is 10.1 Å². The molecule has 1 unspecified atom stereocenters. The maximum absolute atomic E-state index is 12.4. The van der Waals surface area contributed by atoms with Gasteiger partial charge in [-0.1, -0.05) is 6.07 Å². The zero-order valence-electron chi connectivity index (χ0n) is 15.3. The predicted octanol–water partition coefficient (Wildman–Crippen LogP) is 1.19. The van der Waals surface area contributed by atoms with Gasteiger partial charge in [0.15, 0.2) is 11.5 Å². The van der Waals surface area contributed by atoms with E-state index in [1.807, 2.05) is 0 Å². The van der Waals surface area contributed by atoms with Crippen molar-refractivity contribution in [2.75, 3.05) is 40.2 Å². The molecule has 146 valence electrons. The Kier molecular flexibility index (Phi) is 7.24. The van der Waals surface area contributed by atoms with E-state index in [9.17, 15) is 13.2 Å². The van der Waals surface area contributed by atoms with Crippen LogP contribution in [0.5, 0.6) is 11.5 Å². The smallest absolute Gasteiger partial charge is 0.306 e. The summed E-state index contributed by atoms with van der Waals surface area (Å²) in [5.74, 6) is 0.223. The van der Waals surface area contributed by atoms with Gasteiger partial charge >= 0.3 is 10.1 Å². The fourth-order valence-corrected chi connectivity index (χ4v) is 3.23. The molecule has 1 atom stereocenters. The highest BCUT2D eigenvalue weighted by atomic mass is 32.2. The van der Waals surface area contributed by atoms with E-state index in [-0.39, 0.29) is 30.9 Å². The summed E-state index contributed by atoms with van der Waals surface area (Å²) in [7, 11) is -0.807. The molecule has 0 aromatic heterocycles. The molecule has 0 aliphatic carbocycles. The molecular formula is C17H25NO7S. The summed E-state index contributed by atoms with van der Waals surface area (Å²) in [6.45, 7) is 1.41.